The van der Waals surface area contributed by atoms with Crippen LogP contribution in [0.1, 0.15) is 11.1 Å². The molecule has 0 aliphatic carbocycles. The highest BCUT2D eigenvalue weighted by Gasteiger charge is 2.06. The van der Waals surface area contributed by atoms with E-state index in [1.165, 1.54) is 6.08 Å². The Morgan fingerprint density at radius 1 is 1.12 bits per heavy atom. The fourth-order valence-corrected chi connectivity index (χ4v) is 2.16. The average Bonchev–Trinajstić information content (AvgIpc) is 2.58. The summed E-state index contributed by atoms with van der Waals surface area (Å²) in [6.07, 6.45) is 2.97. The Labute approximate surface area is 147 Å². The molecule has 0 aromatic heterocycles. The van der Waals surface area contributed by atoms with Crippen molar-refractivity contribution in [2.45, 2.75) is 6.92 Å². The number of carbonyl (C=O) groups is 2. The minimum Gasteiger partial charge on any atom is -0.452 e. The van der Waals surface area contributed by atoms with Crippen molar-refractivity contribution in [3.63, 3.8) is 0 Å². The first-order chi connectivity index (χ1) is 11.9. The molecule has 0 aliphatic rings. The molecule has 5 nitrogen and oxygen atoms in total. The summed E-state index contributed by atoms with van der Waals surface area (Å²) in [6, 6.07) is 15.1. The van der Waals surface area contributed by atoms with Gasteiger partial charge in [-0.15, -0.1) is 0 Å². The second kappa shape index (κ2) is 8.68. The quantitative estimate of drug-likeness (QED) is 0.649. The van der Waals surface area contributed by atoms with Gasteiger partial charge in [0.15, 0.2) is 6.61 Å². The number of rotatable bonds is 6. The van der Waals surface area contributed by atoms with Crippen LogP contribution in [0, 0.1) is 6.92 Å². The molecule has 25 heavy (non-hydrogen) atoms. The maximum absolute atomic E-state index is 11.8. The molecule has 0 saturated heterocycles. The lowest BCUT2D eigenvalue weighted by Crippen LogP contribution is -2.20. The lowest BCUT2D eigenvalue weighted by atomic mass is 10.1. The van der Waals surface area contributed by atoms with Crippen LogP contribution in [0.4, 0.5) is 11.4 Å². The Kier molecular flexibility index (Phi) is 6.34. The maximum Gasteiger partial charge on any atom is 0.331 e. The van der Waals surface area contributed by atoms with Gasteiger partial charge in [-0.05, 0) is 42.8 Å². The first kappa shape index (κ1) is 18.3. The summed E-state index contributed by atoms with van der Waals surface area (Å²) in [4.78, 5) is 25.5. The molecular weight excluding hydrogens is 316 g/mol. The maximum atomic E-state index is 11.8. The van der Waals surface area contributed by atoms with Gasteiger partial charge in [0.1, 0.15) is 0 Å². The van der Waals surface area contributed by atoms with Crippen molar-refractivity contribution in [3.05, 3.63) is 65.7 Å². The number of carbonyl (C=O) groups excluding carboxylic acids is 2. The van der Waals surface area contributed by atoms with E-state index in [2.05, 4.69) is 5.32 Å². The van der Waals surface area contributed by atoms with E-state index < -0.39 is 5.97 Å². The molecule has 2 aromatic rings. The molecule has 0 saturated carbocycles. The number of esters is 1. The first-order valence-electron chi connectivity index (χ1n) is 7.93. The van der Waals surface area contributed by atoms with Crippen LogP contribution in [0.5, 0.6) is 0 Å². The Hall–Kier alpha value is -3.08. The van der Waals surface area contributed by atoms with E-state index in [0.29, 0.717) is 5.69 Å². The number of aryl methyl sites for hydroxylation is 1. The number of hydrogen-bond acceptors (Lipinski definition) is 4. The third kappa shape index (κ3) is 6.14. The third-order valence-corrected chi connectivity index (χ3v) is 3.47. The standard InChI is InChI=1S/C20H22N2O3/c1-15-5-4-6-16(13-15)7-12-20(24)25-14-19(23)21-17-8-10-18(11-9-17)22(2)3/h4-13H,14H2,1-3H3,(H,21,23)/b12-7+. The number of ether oxygens (including phenoxy) is 1. The van der Waals surface area contributed by atoms with E-state index >= 15 is 0 Å². The minimum absolute atomic E-state index is 0.327. The van der Waals surface area contributed by atoms with Gasteiger partial charge < -0.3 is 15.0 Å². The zero-order valence-corrected chi connectivity index (χ0v) is 14.7. The second-order valence-electron chi connectivity index (χ2n) is 5.84. The second-order valence-corrected chi connectivity index (χ2v) is 5.84. The van der Waals surface area contributed by atoms with Crippen molar-refractivity contribution in [2.24, 2.45) is 0 Å². The Morgan fingerprint density at radius 3 is 2.48 bits per heavy atom. The molecule has 0 atom stereocenters. The zero-order chi connectivity index (χ0) is 18.2. The lowest BCUT2D eigenvalue weighted by Gasteiger charge is -2.13. The molecule has 0 radical (unpaired) electrons. The molecule has 2 rings (SSSR count). The molecule has 1 N–H and O–H groups in total. The molecule has 5 heteroatoms. The van der Waals surface area contributed by atoms with Gasteiger partial charge in [0, 0.05) is 31.5 Å². The smallest absolute Gasteiger partial charge is 0.331 e. The molecule has 1 amide bonds. The fourth-order valence-electron chi connectivity index (χ4n) is 2.16. The van der Waals surface area contributed by atoms with Gasteiger partial charge in [-0.3, -0.25) is 4.79 Å². The molecule has 130 valence electrons. The van der Waals surface area contributed by atoms with E-state index in [4.69, 9.17) is 4.74 Å². The topological polar surface area (TPSA) is 58.6 Å². The highest BCUT2D eigenvalue weighted by Crippen LogP contribution is 2.15. The van der Waals surface area contributed by atoms with Gasteiger partial charge in [0.05, 0.1) is 0 Å². The average molecular weight is 338 g/mol. The van der Waals surface area contributed by atoms with Gasteiger partial charge in [0.25, 0.3) is 5.91 Å². The van der Waals surface area contributed by atoms with Crippen LogP contribution in [-0.4, -0.2) is 32.6 Å². The Balaban J connectivity index is 1.80. The first-order valence-corrected chi connectivity index (χ1v) is 7.93. The number of nitrogens with zero attached hydrogens (tertiary/aromatic N) is 1. The van der Waals surface area contributed by atoms with Gasteiger partial charge in [-0.2, -0.15) is 0 Å². The molecule has 0 fully saturated rings. The van der Waals surface area contributed by atoms with Gasteiger partial charge in [-0.1, -0.05) is 29.8 Å². The van der Waals surface area contributed by atoms with Crippen LogP contribution in [0.15, 0.2) is 54.6 Å². The number of benzene rings is 2. The monoisotopic (exact) mass is 338 g/mol. The van der Waals surface area contributed by atoms with Crippen LogP contribution in [0.25, 0.3) is 6.08 Å². The predicted molar refractivity (Wildman–Crippen MR) is 101 cm³/mol. The van der Waals surface area contributed by atoms with Crippen LogP contribution in [0.3, 0.4) is 0 Å². The van der Waals surface area contributed by atoms with Crippen molar-refractivity contribution in [3.8, 4) is 0 Å². The van der Waals surface area contributed by atoms with Crippen molar-refractivity contribution in [2.75, 3.05) is 30.9 Å². The highest BCUT2D eigenvalue weighted by molar-refractivity contribution is 5.94. The highest BCUT2D eigenvalue weighted by atomic mass is 16.5. The third-order valence-electron chi connectivity index (χ3n) is 3.47. The van der Waals surface area contributed by atoms with Crippen molar-refractivity contribution < 1.29 is 14.3 Å². The largest absolute Gasteiger partial charge is 0.452 e. The summed E-state index contributed by atoms with van der Waals surface area (Å²) in [5, 5.41) is 2.69. The normalized spacial score (nSPS) is 10.5. The van der Waals surface area contributed by atoms with Gasteiger partial charge in [0.2, 0.25) is 0 Å². The fraction of sp³-hybridized carbons (Fsp3) is 0.200. The van der Waals surface area contributed by atoms with Crippen molar-refractivity contribution >= 4 is 29.3 Å². The number of nitrogens with one attached hydrogen (secondary N) is 1. The Bertz CT molecular complexity index is 765. The molecule has 0 heterocycles. The molecule has 0 aliphatic heterocycles. The SMILES string of the molecule is Cc1cccc(/C=C/C(=O)OCC(=O)Nc2ccc(N(C)C)cc2)c1. The summed E-state index contributed by atoms with van der Waals surface area (Å²) in [5.74, 6) is -0.936. The van der Waals surface area contributed by atoms with E-state index in [9.17, 15) is 9.59 Å². The van der Waals surface area contributed by atoms with Crippen molar-refractivity contribution in [1.29, 1.82) is 0 Å². The minimum atomic E-state index is -0.556. The Morgan fingerprint density at radius 2 is 1.84 bits per heavy atom. The molecular formula is C20H22N2O3. The van der Waals surface area contributed by atoms with E-state index in [0.717, 1.165) is 16.8 Å². The zero-order valence-electron chi connectivity index (χ0n) is 14.7. The van der Waals surface area contributed by atoms with E-state index in [1.54, 1.807) is 18.2 Å². The van der Waals surface area contributed by atoms with E-state index in [1.807, 2.05) is 62.3 Å². The van der Waals surface area contributed by atoms with Crippen LogP contribution < -0.4 is 10.2 Å². The van der Waals surface area contributed by atoms with Crippen LogP contribution >= 0.6 is 0 Å². The molecule has 0 spiro atoms. The summed E-state index contributed by atoms with van der Waals surface area (Å²) in [7, 11) is 3.88. The predicted octanol–water partition coefficient (Wildman–Crippen LogP) is 3.26. The van der Waals surface area contributed by atoms with Gasteiger partial charge >= 0.3 is 5.97 Å². The molecule has 2 aromatic carbocycles. The lowest BCUT2D eigenvalue weighted by molar-refractivity contribution is -0.142. The summed E-state index contributed by atoms with van der Waals surface area (Å²) in [5.41, 5.74) is 3.70. The summed E-state index contributed by atoms with van der Waals surface area (Å²) >= 11 is 0. The van der Waals surface area contributed by atoms with Gasteiger partial charge in [-0.25, -0.2) is 4.79 Å². The number of amides is 1. The summed E-state index contributed by atoms with van der Waals surface area (Å²) in [6.45, 7) is 1.65. The molecule has 0 bridgehead atoms. The molecule has 0 unspecified atom stereocenters. The summed E-state index contributed by atoms with van der Waals surface area (Å²) < 4.78 is 4.94. The van der Waals surface area contributed by atoms with Crippen LogP contribution in [-0.2, 0) is 14.3 Å². The number of anilines is 2. The number of hydrogen-bond donors (Lipinski definition) is 1. The van der Waals surface area contributed by atoms with Crippen molar-refractivity contribution in [1.82, 2.24) is 0 Å². The van der Waals surface area contributed by atoms with Crippen LogP contribution in [0.2, 0.25) is 0 Å². The van der Waals surface area contributed by atoms with E-state index in [-0.39, 0.29) is 12.5 Å².